The number of aromatic nitrogens is 3. The van der Waals surface area contributed by atoms with Crippen LogP contribution in [-0.4, -0.2) is 52.1 Å². The minimum Gasteiger partial charge on any atom is -0.455 e. The molecule has 1 atom stereocenters. The Morgan fingerprint density at radius 3 is 2.53 bits per heavy atom. The van der Waals surface area contributed by atoms with E-state index in [1.165, 1.54) is 12.3 Å². The Bertz CT molecular complexity index is 1600. The zero-order chi connectivity index (χ0) is 27.2. The van der Waals surface area contributed by atoms with Crippen LogP contribution >= 0.6 is 0 Å². The summed E-state index contributed by atoms with van der Waals surface area (Å²) in [6, 6.07) is 12.4. The summed E-state index contributed by atoms with van der Waals surface area (Å²) in [5.41, 5.74) is 3.00. The Morgan fingerprint density at radius 1 is 1.13 bits per heavy atom. The molecule has 3 aromatic heterocycles. The number of fused-ring (bicyclic) bond motifs is 1. The number of carbonyl (C=O) groups excluding carboxylic acids is 1. The predicted octanol–water partition coefficient (Wildman–Crippen LogP) is 4.73. The van der Waals surface area contributed by atoms with Gasteiger partial charge in [0.1, 0.15) is 11.5 Å². The fourth-order valence-electron chi connectivity index (χ4n) is 4.82. The van der Waals surface area contributed by atoms with E-state index in [0.29, 0.717) is 18.0 Å². The van der Waals surface area contributed by atoms with Gasteiger partial charge in [0.25, 0.3) is 0 Å². The average Bonchev–Trinajstić information content (AvgIpc) is 3.50. The normalized spacial score (nSPS) is 16.2. The van der Waals surface area contributed by atoms with Crippen molar-refractivity contribution in [3.05, 3.63) is 66.0 Å². The second-order valence-electron chi connectivity index (χ2n) is 10.2. The molecule has 1 saturated heterocycles. The first-order valence-corrected chi connectivity index (χ1v) is 14.3. The van der Waals surface area contributed by atoms with Crippen LogP contribution in [0, 0.1) is 0 Å². The van der Waals surface area contributed by atoms with Crippen LogP contribution in [0.25, 0.3) is 22.3 Å². The summed E-state index contributed by atoms with van der Waals surface area (Å²) in [5.74, 6) is 0.964. The van der Waals surface area contributed by atoms with Gasteiger partial charge in [-0.1, -0.05) is 6.07 Å². The van der Waals surface area contributed by atoms with Gasteiger partial charge in [-0.2, -0.15) is 0 Å². The number of likely N-dealkylation sites (tertiary alicyclic amines) is 1. The van der Waals surface area contributed by atoms with Crippen molar-refractivity contribution >= 4 is 26.6 Å². The lowest BCUT2D eigenvalue weighted by molar-refractivity contribution is -0.129. The molecule has 10 heteroatoms. The molecule has 4 heterocycles. The van der Waals surface area contributed by atoms with Crippen molar-refractivity contribution in [1.82, 2.24) is 19.9 Å². The SMILES string of the molecule is CC(=O)N1CCCC1c1cc2[nH]c(-c3ccc(C(C)(C)O)cn3)cc2cc1Oc1ccc(S(C)(=O)=O)nc1. The number of pyridine rings is 2. The molecule has 0 spiro atoms. The lowest BCUT2D eigenvalue weighted by atomic mass is 10.0. The van der Waals surface area contributed by atoms with Gasteiger partial charge in [-0.05, 0) is 63.1 Å². The molecule has 0 bridgehead atoms. The van der Waals surface area contributed by atoms with Crippen LogP contribution in [0.2, 0.25) is 0 Å². The molecule has 1 unspecified atom stereocenters. The van der Waals surface area contributed by atoms with Crippen molar-refractivity contribution in [3.63, 3.8) is 0 Å². The number of aromatic amines is 1. The number of nitrogens with zero attached hydrogens (tertiary/aromatic N) is 3. The van der Waals surface area contributed by atoms with E-state index in [1.54, 1.807) is 33.0 Å². The molecule has 198 valence electrons. The van der Waals surface area contributed by atoms with Gasteiger partial charge in [0.05, 0.1) is 29.2 Å². The topological polar surface area (TPSA) is 125 Å². The molecule has 1 fully saturated rings. The summed E-state index contributed by atoms with van der Waals surface area (Å²) in [7, 11) is -3.43. The van der Waals surface area contributed by atoms with E-state index >= 15 is 0 Å². The largest absolute Gasteiger partial charge is 0.455 e. The van der Waals surface area contributed by atoms with Gasteiger partial charge in [-0.25, -0.2) is 13.4 Å². The van der Waals surface area contributed by atoms with E-state index in [-0.39, 0.29) is 17.0 Å². The predicted molar refractivity (Wildman–Crippen MR) is 144 cm³/mol. The number of carbonyl (C=O) groups is 1. The maximum atomic E-state index is 12.4. The smallest absolute Gasteiger partial charge is 0.219 e. The zero-order valence-corrected chi connectivity index (χ0v) is 22.5. The van der Waals surface area contributed by atoms with Crippen molar-refractivity contribution < 1.29 is 23.1 Å². The first-order chi connectivity index (χ1) is 17.9. The minimum absolute atomic E-state index is 0.000918. The van der Waals surface area contributed by atoms with E-state index in [9.17, 15) is 18.3 Å². The van der Waals surface area contributed by atoms with Crippen LogP contribution in [0.4, 0.5) is 0 Å². The highest BCUT2D eigenvalue weighted by Crippen LogP contribution is 2.41. The Labute approximate surface area is 221 Å². The lowest BCUT2D eigenvalue weighted by Gasteiger charge is -2.25. The van der Waals surface area contributed by atoms with Gasteiger partial charge in [0.2, 0.25) is 5.91 Å². The van der Waals surface area contributed by atoms with Crippen molar-refractivity contribution in [2.75, 3.05) is 12.8 Å². The Kier molecular flexibility index (Phi) is 6.48. The quantitative estimate of drug-likeness (QED) is 0.366. The van der Waals surface area contributed by atoms with Gasteiger partial charge in [-0.15, -0.1) is 0 Å². The van der Waals surface area contributed by atoms with Crippen LogP contribution in [0.3, 0.4) is 0 Å². The van der Waals surface area contributed by atoms with Gasteiger partial charge in [0.15, 0.2) is 14.9 Å². The molecule has 0 saturated carbocycles. The molecular weight excluding hydrogens is 504 g/mol. The van der Waals surface area contributed by atoms with E-state index < -0.39 is 15.4 Å². The van der Waals surface area contributed by atoms with Gasteiger partial charge in [-0.3, -0.25) is 9.78 Å². The number of amides is 1. The van der Waals surface area contributed by atoms with Crippen LogP contribution in [0.15, 0.2) is 59.9 Å². The maximum absolute atomic E-state index is 12.4. The molecule has 5 rings (SSSR count). The van der Waals surface area contributed by atoms with Crippen LogP contribution in [-0.2, 0) is 20.2 Å². The van der Waals surface area contributed by atoms with Crippen molar-refractivity contribution in [2.24, 2.45) is 0 Å². The Morgan fingerprint density at radius 2 is 1.92 bits per heavy atom. The fourth-order valence-corrected chi connectivity index (χ4v) is 5.38. The summed E-state index contributed by atoms with van der Waals surface area (Å²) >= 11 is 0. The van der Waals surface area contributed by atoms with Crippen molar-refractivity contribution in [1.29, 1.82) is 0 Å². The number of rotatable bonds is 6. The third-order valence-corrected chi connectivity index (χ3v) is 7.83. The minimum atomic E-state index is -3.43. The maximum Gasteiger partial charge on any atom is 0.219 e. The van der Waals surface area contributed by atoms with E-state index in [4.69, 9.17) is 4.74 Å². The number of hydrogen-bond acceptors (Lipinski definition) is 7. The van der Waals surface area contributed by atoms with Crippen LogP contribution in [0.5, 0.6) is 11.5 Å². The first-order valence-electron chi connectivity index (χ1n) is 12.4. The van der Waals surface area contributed by atoms with Crippen molar-refractivity contribution in [2.45, 2.75) is 50.3 Å². The number of benzene rings is 1. The molecule has 2 N–H and O–H groups in total. The standard InChI is InChI=1S/C28H30N4O5S/c1-17(33)32-11-5-6-25(32)21-14-23-18(12-24(31-23)22-9-7-19(15-29-22)28(2,3)34)13-26(21)37-20-8-10-27(30-16-20)38(4,35)36/h7-10,12-16,25,31,34H,5-6,11H2,1-4H3. The Balaban J connectivity index is 1.57. The van der Waals surface area contributed by atoms with E-state index in [2.05, 4.69) is 15.0 Å². The fraction of sp³-hybridized carbons (Fsp3) is 0.321. The van der Waals surface area contributed by atoms with Crippen LogP contribution in [0.1, 0.15) is 50.8 Å². The highest BCUT2D eigenvalue weighted by Gasteiger charge is 2.31. The molecule has 4 aromatic rings. The monoisotopic (exact) mass is 534 g/mol. The third-order valence-electron chi connectivity index (χ3n) is 6.83. The van der Waals surface area contributed by atoms with Gasteiger partial charge in [0, 0.05) is 48.0 Å². The number of ether oxygens (including phenoxy) is 1. The van der Waals surface area contributed by atoms with Crippen molar-refractivity contribution in [3.8, 4) is 22.9 Å². The third kappa shape index (κ3) is 5.14. The van der Waals surface area contributed by atoms with E-state index in [0.717, 1.165) is 52.5 Å². The van der Waals surface area contributed by atoms with E-state index in [1.807, 2.05) is 35.2 Å². The van der Waals surface area contributed by atoms with Crippen LogP contribution < -0.4 is 4.74 Å². The average molecular weight is 535 g/mol. The second kappa shape index (κ2) is 9.52. The molecular formula is C28H30N4O5S. The number of hydrogen-bond donors (Lipinski definition) is 2. The molecule has 9 nitrogen and oxygen atoms in total. The Hall–Kier alpha value is -3.76. The molecule has 0 aliphatic carbocycles. The lowest BCUT2D eigenvalue weighted by Crippen LogP contribution is -2.28. The first kappa shape index (κ1) is 25.9. The summed E-state index contributed by atoms with van der Waals surface area (Å²) in [6.45, 7) is 5.68. The van der Waals surface area contributed by atoms with Gasteiger partial charge >= 0.3 is 0 Å². The second-order valence-corrected chi connectivity index (χ2v) is 12.2. The summed E-state index contributed by atoms with van der Waals surface area (Å²) in [5, 5.41) is 11.1. The molecule has 38 heavy (non-hydrogen) atoms. The highest BCUT2D eigenvalue weighted by atomic mass is 32.2. The molecule has 1 amide bonds. The molecule has 0 radical (unpaired) electrons. The zero-order valence-electron chi connectivity index (χ0n) is 21.7. The molecule has 1 aromatic carbocycles. The summed E-state index contributed by atoms with van der Waals surface area (Å²) < 4.78 is 29.8. The number of aliphatic hydroxyl groups is 1. The highest BCUT2D eigenvalue weighted by molar-refractivity contribution is 7.90. The summed E-state index contributed by atoms with van der Waals surface area (Å²) in [4.78, 5) is 26.2. The number of sulfone groups is 1. The molecule has 1 aliphatic rings. The van der Waals surface area contributed by atoms with Gasteiger partial charge < -0.3 is 19.7 Å². The number of H-pyrrole nitrogens is 1. The summed E-state index contributed by atoms with van der Waals surface area (Å²) in [6.07, 6.45) is 5.85. The number of nitrogens with one attached hydrogen (secondary N) is 1. The molecule has 1 aliphatic heterocycles.